The molecule has 1 atom stereocenters. The summed E-state index contributed by atoms with van der Waals surface area (Å²) in [4.78, 5) is 14.4. The lowest BCUT2D eigenvalue weighted by molar-refractivity contribution is -0.137. The number of benzene rings is 3. The van der Waals surface area contributed by atoms with Crippen molar-refractivity contribution < 1.29 is 26.4 Å². The number of halogens is 3. The maximum absolute atomic E-state index is 12.9. The van der Waals surface area contributed by atoms with Gasteiger partial charge in [-0.25, -0.2) is 8.42 Å². The molecule has 1 aliphatic rings. The zero-order valence-electron chi connectivity index (χ0n) is 17.9. The number of likely N-dealkylation sites (tertiary alicyclic amines) is 1. The van der Waals surface area contributed by atoms with E-state index in [1.54, 1.807) is 4.90 Å². The van der Waals surface area contributed by atoms with Gasteiger partial charge in [0.1, 0.15) is 0 Å². The van der Waals surface area contributed by atoms with Gasteiger partial charge in [0.2, 0.25) is 0 Å². The van der Waals surface area contributed by atoms with E-state index in [-0.39, 0.29) is 22.5 Å². The molecule has 1 saturated heterocycles. The van der Waals surface area contributed by atoms with Crippen molar-refractivity contribution in [2.24, 2.45) is 0 Å². The van der Waals surface area contributed by atoms with Crippen LogP contribution in [0.4, 0.5) is 24.5 Å². The Kier molecular flexibility index (Phi) is 6.52. The number of sulfonamides is 1. The third kappa shape index (κ3) is 5.51. The number of alkyl halides is 3. The van der Waals surface area contributed by atoms with Crippen LogP contribution in [0.25, 0.3) is 0 Å². The average molecular weight is 490 g/mol. The van der Waals surface area contributed by atoms with Crippen molar-refractivity contribution in [3.63, 3.8) is 0 Å². The number of carbonyl (C=O) groups excluding carboxylic acids is 1. The molecule has 1 amide bonds. The molecule has 3 aromatic carbocycles. The Labute approximate surface area is 195 Å². The molecule has 1 heterocycles. The zero-order chi connectivity index (χ0) is 24.3. The predicted octanol–water partition coefficient (Wildman–Crippen LogP) is 4.83. The van der Waals surface area contributed by atoms with Crippen LogP contribution in [-0.4, -0.2) is 38.4 Å². The van der Waals surface area contributed by atoms with Crippen molar-refractivity contribution >= 4 is 27.3 Å². The van der Waals surface area contributed by atoms with Crippen LogP contribution in [0.5, 0.6) is 0 Å². The van der Waals surface area contributed by atoms with Crippen molar-refractivity contribution in [2.45, 2.75) is 23.5 Å². The van der Waals surface area contributed by atoms with E-state index in [1.165, 1.54) is 30.3 Å². The van der Waals surface area contributed by atoms with Gasteiger partial charge in [-0.1, -0.05) is 24.3 Å². The summed E-state index contributed by atoms with van der Waals surface area (Å²) in [5.41, 5.74) is 0.145. The molecule has 6 nitrogen and oxygen atoms in total. The standard InChI is InChI=1S/C24H22F3N3O3S/c25-24(26,27)18-5-4-8-20(15-18)29-34(32,33)22-11-9-17(10-12-22)23(31)30-14-13-21(16-30)28-19-6-2-1-3-7-19/h1-12,15,21,28-29H,13-14,16H2. The first-order valence-electron chi connectivity index (χ1n) is 10.5. The van der Waals surface area contributed by atoms with E-state index in [2.05, 4.69) is 10.0 Å². The van der Waals surface area contributed by atoms with Crippen LogP contribution in [0.3, 0.4) is 0 Å². The molecule has 1 aliphatic heterocycles. The maximum Gasteiger partial charge on any atom is 0.416 e. The number of anilines is 2. The summed E-state index contributed by atoms with van der Waals surface area (Å²) >= 11 is 0. The second kappa shape index (κ2) is 9.38. The quantitative estimate of drug-likeness (QED) is 0.520. The molecule has 178 valence electrons. The molecule has 0 spiro atoms. The first-order chi connectivity index (χ1) is 16.1. The van der Waals surface area contributed by atoms with Crippen LogP contribution in [0, 0.1) is 0 Å². The monoisotopic (exact) mass is 489 g/mol. The van der Waals surface area contributed by atoms with Gasteiger partial charge in [0, 0.05) is 36.1 Å². The minimum absolute atomic E-state index is 0.114. The van der Waals surface area contributed by atoms with Crippen molar-refractivity contribution in [2.75, 3.05) is 23.1 Å². The maximum atomic E-state index is 12.9. The minimum atomic E-state index is -4.59. The van der Waals surface area contributed by atoms with Gasteiger partial charge in [-0.15, -0.1) is 0 Å². The third-order valence-corrected chi connectivity index (χ3v) is 6.87. The van der Waals surface area contributed by atoms with Crippen LogP contribution < -0.4 is 10.0 Å². The second-order valence-corrected chi connectivity index (χ2v) is 9.64. The van der Waals surface area contributed by atoms with Crippen LogP contribution in [0.15, 0.2) is 83.8 Å². The molecule has 3 aromatic rings. The molecule has 10 heteroatoms. The Morgan fingerprint density at radius 1 is 0.912 bits per heavy atom. The Hall–Kier alpha value is -3.53. The predicted molar refractivity (Wildman–Crippen MR) is 123 cm³/mol. The molecular weight excluding hydrogens is 467 g/mol. The molecule has 1 unspecified atom stereocenters. The molecular formula is C24H22F3N3O3S. The molecule has 0 aromatic heterocycles. The van der Waals surface area contributed by atoms with E-state index in [9.17, 15) is 26.4 Å². The number of carbonyl (C=O) groups is 1. The molecule has 4 rings (SSSR count). The van der Waals surface area contributed by atoms with E-state index >= 15 is 0 Å². The molecule has 0 radical (unpaired) electrons. The summed E-state index contributed by atoms with van der Waals surface area (Å²) in [6, 6.07) is 19.1. The Balaban J connectivity index is 1.41. The number of nitrogens with one attached hydrogen (secondary N) is 2. The smallest absolute Gasteiger partial charge is 0.380 e. The number of nitrogens with zero attached hydrogens (tertiary/aromatic N) is 1. The molecule has 34 heavy (non-hydrogen) atoms. The highest BCUT2D eigenvalue weighted by Gasteiger charge is 2.31. The molecule has 0 aliphatic carbocycles. The van der Waals surface area contributed by atoms with E-state index < -0.39 is 21.8 Å². The molecule has 0 saturated carbocycles. The number of para-hydroxylation sites is 1. The van der Waals surface area contributed by atoms with Crippen LogP contribution in [-0.2, 0) is 16.2 Å². The van der Waals surface area contributed by atoms with Gasteiger partial charge in [0.05, 0.1) is 10.5 Å². The summed E-state index contributed by atoms with van der Waals surface area (Å²) in [6.07, 6.45) is -3.80. The fourth-order valence-corrected chi connectivity index (χ4v) is 4.81. The van der Waals surface area contributed by atoms with Crippen molar-refractivity contribution in [1.29, 1.82) is 0 Å². The Morgan fingerprint density at radius 3 is 2.26 bits per heavy atom. The number of hydrogen-bond acceptors (Lipinski definition) is 4. The Morgan fingerprint density at radius 2 is 1.59 bits per heavy atom. The topological polar surface area (TPSA) is 78.5 Å². The zero-order valence-corrected chi connectivity index (χ0v) is 18.7. The highest BCUT2D eigenvalue weighted by molar-refractivity contribution is 7.92. The highest BCUT2D eigenvalue weighted by atomic mass is 32.2. The highest BCUT2D eigenvalue weighted by Crippen LogP contribution is 2.31. The van der Waals surface area contributed by atoms with Gasteiger partial charge in [-0.05, 0) is 61.0 Å². The van der Waals surface area contributed by atoms with Crippen LogP contribution in [0.1, 0.15) is 22.3 Å². The fraction of sp³-hybridized carbons (Fsp3) is 0.208. The van der Waals surface area contributed by atoms with Gasteiger partial charge < -0.3 is 10.2 Å². The molecule has 2 N–H and O–H groups in total. The fourth-order valence-electron chi connectivity index (χ4n) is 3.76. The van der Waals surface area contributed by atoms with E-state index in [0.717, 1.165) is 30.3 Å². The average Bonchev–Trinajstić information content (AvgIpc) is 3.27. The van der Waals surface area contributed by atoms with Crippen molar-refractivity contribution in [3.8, 4) is 0 Å². The van der Waals surface area contributed by atoms with Gasteiger partial charge in [0.25, 0.3) is 15.9 Å². The van der Waals surface area contributed by atoms with E-state index in [4.69, 9.17) is 0 Å². The Bertz CT molecular complexity index is 1260. The summed E-state index contributed by atoms with van der Waals surface area (Å²) < 4.78 is 66.1. The summed E-state index contributed by atoms with van der Waals surface area (Å²) in [7, 11) is -4.13. The lowest BCUT2D eigenvalue weighted by atomic mass is 10.2. The van der Waals surface area contributed by atoms with Crippen molar-refractivity contribution in [1.82, 2.24) is 4.90 Å². The molecule has 1 fully saturated rings. The van der Waals surface area contributed by atoms with Gasteiger partial charge >= 0.3 is 6.18 Å². The van der Waals surface area contributed by atoms with E-state index in [0.29, 0.717) is 18.7 Å². The van der Waals surface area contributed by atoms with Gasteiger partial charge in [-0.3, -0.25) is 9.52 Å². The second-order valence-electron chi connectivity index (χ2n) is 7.96. The number of hydrogen-bond donors (Lipinski definition) is 2. The molecule has 0 bridgehead atoms. The van der Waals surface area contributed by atoms with Crippen LogP contribution >= 0.6 is 0 Å². The SMILES string of the molecule is O=C(c1ccc(S(=O)(=O)Nc2cccc(C(F)(F)F)c2)cc1)N1CCC(Nc2ccccc2)C1. The number of rotatable bonds is 6. The first-order valence-corrected chi connectivity index (χ1v) is 12.0. The normalized spacial score (nSPS) is 16.3. The lowest BCUT2D eigenvalue weighted by Crippen LogP contribution is -2.31. The summed E-state index contributed by atoms with van der Waals surface area (Å²) in [5, 5.41) is 3.39. The first kappa shape index (κ1) is 23.6. The third-order valence-electron chi connectivity index (χ3n) is 5.47. The van der Waals surface area contributed by atoms with Gasteiger partial charge in [0.15, 0.2) is 0 Å². The van der Waals surface area contributed by atoms with Crippen LogP contribution in [0.2, 0.25) is 0 Å². The minimum Gasteiger partial charge on any atom is -0.380 e. The largest absolute Gasteiger partial charge is 0.416 e. The van der Waals surface area contributed by atoms with Gasteiger partial charge in [-0.2, -0.15) is 13.2 Å². The summed E-state index contributed by atoms with van der Waals surface area (Å²) in [6.45, 7) is 1.09. The number of amides is 1. The lowest BCUT2D eigenvalue weighted by Gasteiger charge is -2.18. The van der Waals surface area contributed by atoms with Crippen molar-refractivity contribution in [3.05, 3.63) is 90.0 Å². The van der Waals surface area contributed by atoms with E-state index in [1.807, 2.05) is 30.3 Å². The summed E-state index contributed by atoms with van der Waals surface area (Å²) in [5.74, 6) is -0.216.